The van der Waals surface area contributed by atoms with Crippen molar-refractivity contribution >= 4 is 6.08 Å². The maximum absolute atomic E-state index is 8.07. The Hall–Kier alpha value is -1.63. The van der Waals surface area contributed by atoms with Gasteiger partial charge in [-0.3, -0.25) is 0 Å². The van der Waals surface area contributed by atoms with Crippen LogP contribution < -0.4 is 0 Å². The molecule has 0 spiro atoms. The first-order chi connectivity index (χ1) is 4.43. The van der Waals surface area contributed by atoms with Crippen LogP contribution in [-0.2, 0) is 0 Å². The monoisotopic (exact) mass is 120 g/mol. The summed E-state index contributed by atoms with van der Waals surface area (Å²) in [6.07, 6.45) is 4.45. The standard InChI is InChI=1S/C5H4N4/c6-3-1-2-5-4-7-9-8-5/h1-2,4H,(H,7,8,9). The van der Waals surface area contributed by atoms with Crippen LogP contribution in [0.4, 0.5) is 0 Å². The van der Waals surface area contributed by atoms with Gasteiger partial charge in [-0.25, -0.2) is 0 Å². The van der Waals surface area contributed by atoms with Gasteiger partial charge in [-0.2, -0.15) is 20.7 Å². The quantitative estimate of drug-likeness (QED) is 0.543. The molecule has 0 aliphatic carbocycles. The molecule has 0 fully saturated rings. The molecule has 1 aromatic rings. The Labute approximate surface area is 51.8 Å². The lowest BCUT2D eigenvalue weighted by Crippen LogP contribution is -1.68. The molecule has 0 aliphatic rings. The molecule has 0 unspecified atom stereocenters. The van der Waals surface area contributed by atoms with Crippen molar-refractivity contribution in [3.63, 3.8) is 0 Å². The molecule has 0 amide bonds. The summed E-state index contributed by atoms with van der Waals surface area (Å²) in [5.74, 6) is 0. The summed E-state index contributed by atoms with van der Waals surface area (Å²) in [6.45, 7) is 0. The average Bonchev–Trinajstić information content (AvgIpc) is 2.34. The van der Waals surface area contributed by atoms with Crippen molar-refractivity contribution in [2.24, 2.45) is 0 Å². The second-order valence-electron chi connectivity index (χ2n) is 1.36. The number of nitrogens with zero attached hydrogens (tertiary/aromatic N) is 3. The second-order valence-corrected chi connectivity index (χ2v) is 1.36. The van der Waals surface area contributed by atoms with E-state index in [1.54, 1.807) is 6.08 Å². The molecule has 4 heteroatoms. The molecule has 1 heterocycles. The smallest absolute Gasteiger partial charge is 0.106 e. The Morgan fingerprint density at radius 3 is 3.22 bits per heavy atom. The van der Waals surface area contributed by atoms with Crippen LogP contribution >= 0.6 is 0 Å². The topological polar surface area (TPSA) is 65.4 Å². The third-order valence-electron chi connectivity index (χ3n) is 0.762. The van der Waals surface area contributed by atoms with Crippen LogP contribution in [0, 0.1) is 11.3 Å². The van der Waals surface area contributed by atoms with E-state index in [0.717, 1.165) is 0 Å². The minimum atomic E-state index is 0.663. The Balaban J connectivity index is 2.71. The van der Waals surface area contributed by atoms with Crippen LogP contribution in [0.15, 0.2) is 12.3 Å². The maximum atomic E-state index is 8.07. The highest BCUT2D eigenvalue weighted by Gasteiger charge is 1.83. The van der Waals surface area contributed by atoms with Crippen LogP contribution in [-0.4, -0.2) is 15.4 Å². The zero-order chi connectivity index (χ0) is 6.53. The van der Waals surface area contributed by atoms with E-state index in [-0.39, 0.29) is 0 Å². The fraction of sp³-hybridized carbons (Fsp3) is 0. The number of H-pyrrole nitrogens is 1. The number of rotatable bonds is 1. The maximum Gasteiger partial charge on any atom is 0.106 e. The minimum Gasteiger partial charge on any atom is -0.197 e. The molecule has 1 aromatic heterocycles. The van der Waals surface area contributed by atoms with E-state index in [1.807, 2.05) is 6.07 Å². The molecule has 0 radical (unpaired) electrons. The first-order valence-corrected chi connectivity index (χ1v) is 2.35. The number of aromatic amines is 1. The summed E-state index contributed by atoms with van der Waals surface area (Å²) < 4.78 is 0. The lowest BCUT2D eigenvalue weighted by atomic mass is 10.4. The largest absolute Gasteiger partial charge is 0.197 e. The number of hydrogen-bond donors (Lipinski definition) is 1. The Kier molecular flexibility index (Phi) is 1.60. The highest BCUT2D eigenvalue weighted by Crippen LogP contribution is 1.89. The number of aromatic nitrogens is 3. The Bertz CT molecular complexity index is 228. The van der Waals surface area contributed by atoms with E-state index >= 15 is 0 Å². The van der Waals surface area contributed by atoms with Crippen molar-refractivity contribution in [1.29, 1.82) is 5.26 Å². The van der Waals surface area contributed by atoms with Crippen molar-refractivity contribution in [1.82, 2.24) is 15.4 Å². The van der Waals surface area contributed by atoms with Gasteiger partial charge in [0.2, 0.25) is 0 Å². The minimum absolute atomic E-state index is 0.663. The van der Waals surface area contributed by atoms with Crippen molar-refractivity contribution in [3.8, 4) is 6.07 Å². The Morgan fingerprint density at radius 2 is 2.67 bits per heavy atom. The van der Waals surface area contributed by atoms with Gasteiger partial charge in [-0.15, -0.1) is 0 Å². The fourth-order valence-corrected chi connectivity index (χ4v) is 0.413. The van der Waals surface area contributed by atoms with E-state index in [0.29, 0.717) is 5.69 Å². The molecule has 4 nitrogen and oxygen atoms in total. The molecular formula is C5H4N4. The third kappa shape index (κ3) is 1.39. The van der Waals surface area contributed by atoms with Gasteiger partial charge in [0.15, 0.2) is 0 Å². The van der Waals surface area contributed by atoms with Gasteiger partial charge in [-0.1, -0.05) is 0 Å². The number of nitrogens with one attached hydrogen (secondary N) is 1. The van der Waals surface area contributed by atoms with Crippen LogP contribution in [0.25, 0.3) is 6.08 Å². The van der Waals surface area contributed by atoms with Gasteiger partial charge < -0.3 is 0 Å². The SMILES string of the molecule is N#CC=Cc1cn[nH]n1. The molecule has 0 atom stereocenters. The van der Waals surface area contributed by atoms with Crippen molar-refractivity contribution in [3.05, 3.63) is 18.0 Å². The second kappa shape index (κ2) is 2.62. The highest BCUT2D eigenvalue weighted by molar-refractivity contribution is 5.45. The summed E-state index contributed by atoms with van der Waals surface area (Å²) in [4.78, 5) is 0. The molecule has 0 bridgehead atoms. The predicted molar refractivity (Wildman–Crippen MR) is 31.0 cm³/mol. The van der Waals surface area contributed by atoms with Gasteiger partial charge in [0.25, 0.3) is 0 Å². The number of hydrogen-bond acceptors (Lipinski definition) is 3. The molecule has 1 N–H and O–H groups in total. The van der Waals surface area contributed by atoms with Gasteiger partial charge >= 0.3 is 0 Å². The van der Waals surface area contributed by atoms with Gasteiger partial charge in [-0.05, 0) is 6.08 Å². The summed E-state index contributed by atoms with van der Waals surface area (Å²) >= 11 is 0. The van der Waals surface area contributed by atoms with Crippen LogP contribution in [0.5, 0.6) is 0 Å². The zero-order valence-electron chi connectivity index (χ0n) is 4.57. The first kappa shape index (κ1) is 5.51. The number of allylic oxidation sites excluding steroid dienone is 1. The molecule has 0 aromatic carbocycles. The van der Waals surface area contributed by atoms with E-state index in [4.69, 9.17) is 5.26 Å². The van der Waals surface area contributed by atoms with Crippen LogP contribution in [0.3, 0.4) is 0 Å². The molecule has 44 valence electrons. The van der Waals surface area contributed by atoms with Gasteiger partial charge in [0.05, 0.1) is 12.3 Å². The highest BCUT2D eigenvalue weighted by atomic mass is 15.3. The predicted octanol–water partition coefficient (Wildman–Crippen LogP) is 0.341. The van der Waals surface area contributed by atoms with Crippen LogP contribution in [0.2, 0.25) is 0 Å². The summed E-state index contributed by atoms with van der Waals surface area (Å²) in [5, 5.41) is 17.7. The molecule has 1 rings (SSSR count). The van der Waals surface area contributed by atoms with E-state index in [2.05, 4.69) is 15.4 Å². The zero-order valence-corrected chi connectivity index (χ0v) is 4.57. The lowest BCUT2D eigenvalue weighted by Gasteiger charge is -1.70. The van der Waals surface area contributed by atoms with Gasteiger partial charge in [0, 0.05) is 6.08 Å². The molecule has 0 saturated heterocycles. The lowest BCUT2D eigenvalue weighted by molar-refractivity contribution is 0.937. The summed E-state index contributed by atoms with van der Waals surface area (Å²) in [5.41, 5.74) is 0.663. The molecule has 9 heavy (non-hydrogen) atoms. The average molecular weight is 120 g/mol. The van der Waals surface area contributed by atoms with Gasteiger partial charge in [0.1, 0.15) is 5.69 Å². The van der Waals surface area contributed by atoms with Crippen molar-refractivity contribution in [2.45, 2.75) is 0 Å². The van der Waals surface area contributed by atoms with E-state index in [1.165, 1.54) is 12.3 Å². The molecule has 0 saturated carbocycles. The summed E-state index contributed by atoms with van der Waals surface area (Å²) in [7, 11) is 0. The molecule has 0 aliphatic heterocycles. The normalized spacial score (nSPS) is 9.67. The van der Waals surface area contributed by atoms with Crippen molar-refractivity contribution < 1.29 is 0 Å². The Morgan fingerprint density at radius 1 is 1.78 bits per heavy atom. The van der Waals surface area contributed by atoms with Crippen LogP contribution in [0.1, 0.15) is 5.69 Å². The van der Waals surface area contributed by atoms with E-state index in [9.17, 15) is 0 Å². The third-order valence-corrected chi connectivity index (χ3v) is 0.762. The fourth-order valence-electron chi connectivity index (χ4n) is 0.413. The van der Waals surface area contributed by atoms with Crippen molar-refractivity contribution in [2.75, 3.05) is 0 Å². The molecular weight excluding hydrogens is 116 g/mol. The first-order valence-electron chi connectivity index (χ1n) is 2.35. The van der Waals surface area contributed by atoms with E-state index < -0.39 is 0 Å². The number of nitriles is 1. The summed E-state index contributed by atoms with van der Waals surface area (Å²) in [6, 6.07) is 1.84.